The first-order valence-electron chi connectivity index (χ1n) is 7.53. The first-order chi connectivity index (χ1) is 10.2. The second-order valence-electron chi connectivity index (χ2n) is 5.52. The van der Waals surface area contributed by atoms with E-state index in [0.29, 0.717) is 16.9 Å². The minimum Gasteiger partial charge on any atom is -0.308 e. The summed E-state index contributed by atoms with van der Waals surface area (Å²) in [6, 6.07) is 2.31. The maximum Gasteiger partial charge on any atom is 0.160 e. The number of rotatable bonds is 4. The zero-order valence-corrected chi connectivity index (χ0v) is 13.7. The lowest BCUT2D eigenvalue weighted by molar-refractivity contribution is 0.185. The van der Waals surface area contributed by atoms with Crippen molar-refractivity contribution in [2.45, 2.75) is 32.2 Å². The highest BCUT2D eigenvalue weighted by atomic mass is 35.5. The van der Waals surface area contributed by atoms with Crippen molar-refractivity contribution in [2.24, 2.45) is 0 Å². The Bertz CT molecular complexity index is 625. The Morgan fingerprint density at radius 2 is 2.29 bits per heavy atom. The molecule has 1 unspecified atom stereocenters. The molecule has 114 valence electrons. The summed E-state index contributed by atoms with van der Waals surface area (Å²) in [5.41, 5.74) is 1.80. The van der Waals surface area contributed by atoms with Gasteiger partial charge in [0.15, 0.2) is 5.65 Å². The quantitative estimate of drug-likeness (QED) is 0.806. The molecule has 0 amide bonds. The van der Waals surface area contributed by atoms with E-state index < -0.39 is 0 Å². The van der Waals surface area contributed by atoms with Gasteiger partial charge in [-0.25, -0.2) is 9.97 Å². The zero-order chi connectivity index (χ0) is 14.8. The minimum absolute atomic E-state index is 0.426. The second-order valence-corrected chi connectivity index (χ2v) is 6.34. The predicted molar refractivity (Wildman–Crippen MR) is 87.3 cm³/mol. The molecule has 1 aliphatic rings. The molecular formula is C15H20Cl2N4. The minimum atomic E-state index is 0.426. The Labute approximate surface area is 135 Å². The number of halogens is 2. The molecule has 0 aliphatic carbocycles. The van der Waals surface area contributed by atoms with Crippen LogP contribution in [0, 0.1) is 0 Å². The molecule has 2 aromatic rings. The van der Waals surface area contributed by atoms with Crippen LogP contribution < -0.4 is 0 Å². The number of hydrogen-bond donors (Lipinski definition) is 0. The van der Waals surface area contributed by atoms with Gasteiger partial charge < -0.3 is 9.47 Å². The van der Waals surface area contributed by atoms with Crippen molar-refractivity contribution in [3.63, 3.8) is 0 Å². The molecule has 0 bridgehead atoms. The Balaban J connectivity index is 2.04. The fourth-order valence-corrected chi connectivity index (χ4v) is 3.50. The third kappa shape index (κ3) is 3.03. The van der Waals surface area contributed by atoms with Gasteiger partial charge in [-0.15, -0.1) is 11.6 Å². The van der Waals surface area contributed by atoms with E-state index in [1.165, 1.54) is 19.4 Å². The van der Waals surface area contributed by atoms with E-state index in [-0.39, 0.29) is 0 Å². The normalized spacial score (nSPS) is 20.2. The van der Waals surface area contributed by atoms with E-state index in [0.717, 1.165) is 36.5 Å². The van der Waals surface area contributed by atoms with Crippen LogP contribution in [-0.4, -0.2) is 44.9 Å². The molecule has 0 saturated carbocycles. The van der Waals surface area contributed by atoms with Gasteiger partial charge in [0.05, 0.1) is 5.02 Å². The van der Waals surface area contributed by atoms with E-state index in [2.05, 4.69) is 21.4 Å². The summed E-state index contributed by atoms with van der Waals surface area (Å²) in [5.74, 6) is 1.60. The first kappa shape index (κ1) is 15.1. The number of nitrogens with zero attached hydrogens (tertiary/aromatic N) is 4. The van der Waals surface area contributed by atoms with Crippen molar-refractivity contribution >= 4 is 34.4 Å². The molecule has 4 nitrogen and oxygen atoms in total. The molecule has 6 heteroatoms. The maximum atomic E-state index is 6.04. The lowest BCUT2D eigenvalue weighted by Gasteiger charge is -2.33. The standard InChI is InChI=1S/C15H20Cl2N4/c1-2-20-7-3-4-12(10-20)21-14(5-6-16)19-13-8-11(17)9-18-15(13)21/h8-9,12H,2-7,10H2,1H3. The number of likely N-dealkylation sites (N-methyl/N-ethyl adjacent to an activating group) is 1. The van der Waals surface area contributed by atoms with Crippen LogP contribution in [0.4, 0.5) is 0 Å². The molecule has 1 saturated heterocycles. The van der Waals surface area contributed by atoms with E-state index in [1.807, 2.05) is 6.07 Å². The van der Waals surface area contributed by atoms with E-state index in [1.54, 1.807) is 6.20 Å². The summed E-state index contributed by atoms with van der Waals surface area (Å²) in [6.45, 7) is 5.55. The molecule has 3 rings (SSSR count). The highest BCUT2D eigenvalue weighted by molar-refractivity contribution is 6.31. The molecule has 0 spiro atoms. The van der Waals surface area contributed by atoms with Crippen LogP contribution in [0.15, 0.2) is 12.3 Å². The number of pyridine rings is 1. The third-order valence-electron chi connectivity index (χ3n) is 4.18. The van der Waals surface area contributed by atoms with Gasteiger partial charge in [0.2, 0.25) is 0 Å². The summed E-state index contributed by atoms with van der Waals surface area (Å²) in [6.07, 6.45) is 4.85. The lowest BCUT2D eigenvalue weighted by Crippen LogP contribution is -2.36. The zero-order valence-electron chi connectivity index (χ0n) is 12.2. The van der Waals surface area contributed by atoms with Crippen LogP contribution >= 0.6 is 23.2 Å². The number of imidazole rings is 1. The Morgan fingerprint density at radius 3 is 3.05 bits per heavy atom. The number of fused-ring (bicyclic) bond motifs is 1. The average Bonchev–Trinajstić information content (AvgIpc) is 2.84. The Hall–Kier alpha value is -0.840. The molecule has 1 fully saturated rings. The van der Waals surface area contributed by atoms with Gasteiger partial charge in [0.25, 0.3) is 0 Å². The molecule has 0 aromatic carbocycles. The van der Waals surface area contributed by atoms with Crippen molar-refractivity contribution < 1.29 is 0 Å². The highest BCUT2D eigenvalue weighted by Gasteiger charge is 2.25. The van der Waals surface area contributed by atoms with Gasteiger partial charge in [0, 0.05) is 31.1 Å². The largest absolute Gasteiger partial charge is 0.308 e. The van der Waals surface area contributed by atoms with Gasteiger partial charge >= 0.3 is 0 Å². The number of alkyl halides is 1. The van der Waals surface area contributed by atoms with Crippen LogP contribution in [0.5, 0.6) is 0 Å². The number of aromatic nitrogens is 3. The van der Waals surface area contributed by atoms with Crippen molar-refractivity contribution in [1.29, 1.82) is 0 Å². The molecule has 21 heavy (non-hydrogen) atoms. The number of aryl methyl sites for hydroxylation is 1. The van der Waals surface area contributed by atoms with Crippen molar-refractivity contribution in [3.05, 3.63) is 23.1 Å². The van der Waals surface area contributed by atoms with Gasteiger partial charge in [-0.3, -0.25) is 0 Å². The molecular weight excluding hydrogens is 307 g/mol. The summed E-state index contributed by atoms with van der Waals surface area (Å²) < 4.78 is 2.29. The van der Waals surface area contributed by atoms with Crippen molar-refractivity contribution in [3.8, 4) is 0 Å². The van der Waals surface area contributed by atoms with Crippen molar-refractivity contribution in [2.75, 3.05) is 25.5 Å². The van der Waals surface area contributed by atoms with Crippen LogP contribution in [0.2, 0.25) is 5.02 Å². The van der Waals surface area contributed by atoms with E-state index in [4.69, 9.17) is 28.2 Å². The first-order valence-corrected chi connectivity index (χ1v) is 8.45. The van der Waals surface area contributed by atoms with Gasteiger partial charge in [0.1, 0.15) is 11.3 Å². The third-order valence-corrected chi connectivity index (χ3v) is 4.58. The van der Waals surface area contributed by atoms with Crippen molar-refractivity contribution in [1.82, 2.24) is 19.4 Å². The number of piperidine rings is 1. The van der Waals surface area contributed by atoms with E-state index in [9.17, 15) is 0 Å². The van der Waals surface area contributed by atoms with Gasteiger partial charge in [-0.1, -0.05) is 18.5 Å². The van der Waals surface area contributed by atoms with Crippen LogP contribution in [-0.2, 0) is 6.42 Å². The summed E-state index contributed by atoms with van der Waals surface area (Å²) >= 11 is 12.0. The smallest absolute Gasteiger partial charge is 0.160 e. The van der Waals surface area contributed by atoms with Gasteiger partial charge in [-0.2, -0.15) is 0 Å². The fraction of sp³-hybridized carbons (Fsp3) is 0.600. The summed E-state index contributed by atoms with van der Waals surface area (Å²) in [7, 11) is 0. The molecule has 2 aromatic heterocycles. The monoisotopic (exact) mass is 326 g/mol. The van der Waals surface area contributed by atoms with E-state index >= 15 is 0 Å². The van der Waals surface area contributed by atoms with Crippen LogP contribution in [0.25, 0.3) is 11.2 Å². The number of hydrogen-bond acceptors (Lipinski definition) is 3. The predicted octanol–water partition coefficient (Wildman–Crippen LogP) is 3.52. The highest BCUT2D eigenvalue weighted by Crippen LogP contribution is 2.28. The second kappa shape index (κ2) is 6.51. The average molecular weight is 327 g/mol. The molecule has 1 atom stereocenters. The van der Waals surface area contributed by atoms with Gasteiger partial charge in [-0.05, 0) is 32.0 Å². The fourth-order valence-electron chi connectivity index (χ4n) is 3.18. The Morgan fingerprint density at radius 1 is 1.43 bits per heavy atom. The number of likely N-dealkylation sites (tertiary alicyclic amines) is 1. The molecule has 1 aliphatic heterocycles. The Kier molecular flexibility index (Phi) is 4.67. The SMILES string of the molecule is CCN1CCCC(n2c(CCCl)nc3cc(Cl)cnc32)C1. The lowest BCUT2D eigenvalue weighted by atomic mass is 10.1. The summed E-state index contributed by atoms with van der Waals surface area (Å²) in [5, 5.41) is 0.628. The van der Waals surface area contributed by atoms with Crippen LogP contribution in [0.3, 0.4) is 0 Å². The topological polar surface area (TPSA) is 34.0 Å². The molecule has 0 radical (unpaired) electrons. The molecule has 3 heterocycles. The van der Waals surface area contributed by atoms with Crippen LogP contribution in [0.1, 0.15) is 31.6 Å². The maximum absolute atomic E-state index is 6.04. The summed E-state index contributed by atoms with van der Waals surface area (Å²) in [4.78, 5) is 11.7. The molecule has 0 N–H and O–H groups in total.